The van der Waals surface area contributed by atoms with Gasteiger partial charge >= 0.3 is 0 Å². The normalized spacial score (nSPS) is 10.9. The fourth-order valence-electron chi connectivity index (χ4n) is 1.44. The van der Waals surface area contributed by atoms with Crippen molar-refractivity contribution in [3.63, 3.8) is 0 Å². The number of anilines is 1. The van der Waals surface area contributed by atoms with Crippen molar-refractivity contribution in [2.75, 3.05) is 25.5 Å². The van der Waals surface area contributed by atoms with Gasteiger partial charge in [-0.1, -0.05) is 0 Å². The highest BCUT2D eigenvalue weighted by Gasteiger charge is 2.05. The number of hydrogen-bond acceptors (Lipinski definition) is 4. The molecule has 0 bridgehead atoms. The van der Waals surface area contributed by atoms with Gasteiger partial charge in [0, 0.05) is 20.5 Å². The number of aromatic nitrogens is 3. The molecule has 2 rings (SSSR count). The van der Waals surface area contributed by atoms with Crippen molar-refractivity contribution >= 4 is 17.0 Å². The van der Waals surface area contributed by atoms with E-state index in [0.717, 1.165) is 29.2 Å². The summed E-state index contributed by atoms with van der Waals surface area (Å²) in [6, 6.07) is 3.96. The number of nitrogens with one attached hydrogen (secondary N) is 1. The van der Waals surface area contributed by atoms with Crippen LogP contribution in [0, 0.1) is 0 Å². The summed E-state index contributed by atoms with van der Waals surface area (Å²) < 4.78 is 0. The molecule has 0 radical (unpaired) electrons. The molecule has 0 aromatic carbocycles. The Bertz CT molecular complexity index is 460. The third-order valence-corrected chi connectivity index (χ3v) is 2.22. The predicted octanol–water partition coefficient (Wildman–Crippen LogP) is 0.525. The average Bonchev–Trinajstić information content (AvgIpc) is 2.59. The standard InChI is InChI=1S/C10H15N5/c1-15(2)9-4-3-7-10(14-9)13-8(12-7)5-6-11/h3-4H,5-6,11H2,1-2H3,(H,12,13,14). The van der Waals surface area contributed by atoms with Gasteiger partial charge in [-0.25, -0.2) is 9.97 Å². The summed E-state index contributed by atoms with van der Waals surface area (Å²) in [7, 11) is 3.92. The predicted molar refractivity (Wildman–Crippen MR) is 61.0 cm³/mol. The van der Waals surface area contributed by atoms with E-state index in [2.05, 4.69) is 15.0 Å². The van der Waals surface area contributed by atoms with E-state index >= 15 is 0 Å². The smallest absolute Gasteiger partial charge is 0.179 e. The largest absolute Gasteiger partial charge is 0.363 e. The maximum Gasteiger partial charge on any atom is 0.179 e. The monoisotopic (exact) mass is 205 g/mol. The molecule has 0 atom stereocenters. The Morgan fingerprint density at radius 3 is 2.80 bits per heavy atom. The van der Waals surface area contributed by atoms with Crippen molar-refractivity contribution < 1.29 is 0 Å². The summed E-state index contributed by atoms with van der Waals surface area (Å²) in [5.74, 6) is 1.81. The Balaban J connectivity index is 2.43. The molecule has 2 heterocycles. The number of H-pyrrole nitrogens is 1. The van der Waals surface area contributed by atoms with Crippen LogP contribution in [0.15, 0.2) is 12.1 Å². The first-order valence-electron chi connectivity index (χ1n) is 4.93. The van der Waals surface area contributed by atoms with Crippen LogP contribution in [-0.4, -0.2) is 35.6 Å². The number of imidazole rings is 1. The van der Waals surface area contributed by atoms with Crippen molar-refractivity contribution in [1.29, 1.82) is 0 Å². The molecule has 0 saturated carbocycles. The van der Waals surface area contributed by atoms with Crippen molar-refractivity contribution in [3.05, 3.63) is 18.0 Å². The lowest BCUT2D eigenvalue weighted by atomic mass is 10.4. The van der Waals surface area contributed by atoms with Gasteiger partial charge in [0.25, 0.3) is 0 Å². The summed E-state index contributed by atoms with van der Waals surface area (Å²) in [6.45, 7) is 0.598. The molecule has 0 fully saturated rings. The van der Waals surface area contributed by atoms with Crippen LogP contribution in [0.1, 0.15) is 5.82 Å². The Kier molecular flexibility index (Phi) is 2.55. The summed E-state index contributed by atoms with van der Waals surface area (Å²) in [4.78, 5) is 13.9. The number of nitrogens with two attached hydrogens (primary N) is 1. The molecule has 15 heavy (non-hydrogen) atoms. The molecule has 2 aromatic rings. The van der Waals surface area contributed by atoms with Crippen LogP contribution in [0.3, 0.4) is 0 Å². The minimum atomic E-state index is 0.598. The molecule has 0 spiro atoms. The molecule has 0 aliphatic carbocycles. The second-order valence-electron chi connectivity index (χ2n) is 3.66. The van der Waals surface area contributed by atoms with Crippen molar-refractivity contribution in [2.45, 2.75) is 6.42 Å². The summed E-state index contributed by atoms with van der Waals surface area (Å²) in [6.07, 6.45) is 0.758. The van der Waals surface area contributed by atoms with Gasteiger partial charge in [-0.15, -0.1) is 0 Å². The van der Waals surface area contributed by atoms with Gasteiger partial charge in [-0.2, -0.15) is 0 Å². The zero-order chi connectivity index (χ0) is 10.8. The zero-order valence-electron chi connectivity index (χ0n) is 8.99. The Labute approximate surface area is 88.3 Å². The Morgan fingerprint density at radius 1 is 1.33 bits per heavy atom. The van der Waals surface area contributed by atoms with Gasteiger partial charge in [-0.3, -0.25) is 0 Å². The quantitative estimate of drug-likeness (QED) is 0.766. The van der Waals surface area contributed by atoms with Gasteiger partial charge in [0.05, 0.1) is 5.52 Å². The highest BCUT2D eigenvalue weighted by molar-refractivity contribution is 5.73. The van der Waals surface area contributed by atoms with Crippen LogP contribution in [0.5, 0.6) is 0 Å². The molecule has 0 amide bonds. The van der Waals surface area contributed by atoms with E-state index in [1.807, 2.05) is 31.1 Å². The third-order valence-electron chi connectivity index (χ3n) is 2.22. The number of hydrogen-bond donors (Lipinski definition) is 2. The molecule has 0 saturated heterocycles. The first kappa shape index (κ1) is 9.92. The summed E-state index contributed by atoms with van der Waals surface area (Å²) >= 11 is 0. The van der Waals surface area contributed by atoms with Crippen LogP contribution in [0.25, 0.3) is 11.2 Å². The van der Waals surface area contributed by atoms with Crippen molar-refractivity contribution in [3.8, 4) is 0 Å². The lowest BCUT2D eigenvalue weighted by Gasteiger charge is -2.09. The van der Waals surface area contributed by atoms with E-state index in [0.29, 0.717) is 6.54 Å². The van der Waals surface area contributed by atoms with E-state index in [9.17, 15) is 0 Å². The van der Waals surface area contributed by atoms with Crippen LogP contribution < -0.4 is 10.6 Å². The molecule has 3 N–H and O–H groups in total. The Hall–Kier alpha value is -1.62. The molecular weight excluding hydrogens is 190 g/mol. The SMILES string of the molecule is CN(C)c1ccc2[nH]c(CCN)nc2n1. The molecule has 0 aliphatic heterocycles. The fraction of sp³-hybridized carbons (Fsp3) is 0.400. The first-order chi connectivity index (χ1) is 7.20. The van der Waals surface area contributed by atoms with Crippen LogP contribution in [0.4, 0.5) is 5.82 Å². The molecule has 0 aliphatic rings. The third kappa shape index (κ3) is 1.92. The van der Waals surface area contributed by atoms with Gasteiger partial charge in [0.2, 0.25) is 0 Å². The minimum Gasteiger partial charge on any atom is -0.363 e. The maximum atomic E-state index is 5.47. The van der Waals surface area contributed by atoms with Crippen molar-refractivity contribution in [2.24, 2.45) is 5.73 Å². The van der Waals surface area contributed by atoms with Crippen LogP contribution >= 0.6 is 0 Å². The number of aromatic amines is 1. The average molecular weight is 205 g/mol. The lowest BCUT2D eigenvalue weighted by Crippen LogP contribution is -2.10. The number of rotatable bonds is 3. The topological polar surface area (TPSA) is 70.8 Å². The second-order valence-corrected chi connectivity index (χ2v) is 3.66. The van der Waals surface area contributed by atoms with Gasteiger partial charge in [0.1, 0.15) is 11.6 Å². The molecule has 0 unspecified atom stereocenters. The molecule has 2 aromatic heterocycles. The van der Waals surface area contributed by atoms with Crippen LogP contribution in [-0.2, 0) is 6.42 Å². The number of pyridine rings is 1. The Morgan fingerprint density at radius 2 is 2.13 bits per heavy atom. The van der Waals surface area contributed by atoms with E-state index in [-0.39, 0.29) is 0 Å². The van der Waals surface area contributed by atoms with Gasteiger partial charge in [0.15, 0.2) is 5.65 Å². The number of fused-ring (bicyclic) bond motifs is 1. The second kappa shape index (κ2) is 3.86. The highest BCUT2D eigenvalue weighted by atomic mass is 15.1. The molecular formula is C10H15N5. The number of nitrogens with zero attached hydrogens (tertiary/aromatic N) is 3. The molecule has 5 nitrogen and oxygen atoms in total. The summed E-state index contributed by atoms with van der Waals surface area (Å²) in [5.41, 5.74) is 7.19. The first-order valence-corrected chi connectivity index (χ1v) is 4.93. The van der Waals surface area contributed by atoms with Gasteiger partial charge < -0.3 is 15.6 Å². The highest BCUT2D eigenvalue weighted by Crippen LogP contribution is 2.14. The van der Waals surface area contributed by atoms with E-state index in [4.69, 9.17) is 5.73 Å². The van der Waals surface area contributed by atoms with Crippen LogP contribution in [0.2, 0.25) is 0 Å². The molecule has 5 heteroatoms. The molecule has 80 valence electrons. The summed E-state index contributed by atoms with van der Waals surface area (Å²) in [5, 5.41) is 0. The van der Waals surface area contributed by atoms with E-state index < -0.39 is 0 Å². The maximum absolute atomic E-state index is 5.47. The van der Waals surface area contributed by atoms with Gasteiger partial charge in [-0.05, 0) is 18.7 Å². The minimum absolute atomic E-state index is 0.598. The fourth-order valence-corrected chi connectivity index (χ4v) is 1.44. The van der Waals surface area contributed by atoms with E-state index in [1.165, 1.54) is 0 Å². The zero-order valence-corrected chi connectivity index (χ0v) is 8.99. The van der Waals surface area contributed by atoms with Crippen molar-refractivity contribution in [1.82, 2.24) is 15.0 Å². The lowest BCUT2D eigenvalue weighted by molar-refractivity contribution is 0.899. The van der Waals surface area contributed by atoms with E-state index in [1.54, 1.807) is 0 Å².